The van der Waals surface area contributed by atoms with E-state index < -0.39 is 0 Å². The largest absolute Gasteiger partial charge is 0.321 e. The second-order valence-electron chi connectivity index (χ2n) is 4.38. The standard InChI is InChI=1S/C13H14IN3O2/c1-8-3-4-9(7-10(8)14)15-13(19)11-5-6-12(18)17(2)16-11/h3-4,7H,5-6H2,1-2H3,(H,15,19). The topological polar surface area (TPSA) is 61.8 Å². The third kappa shape index (κ3) is 3.31. The Morgan fingerprint density at radius 3 is 2.79 bits per heavy atom. The third-order valence-electron chi connectivity index (χ3n) is 2.90. The fraction of sp³-hybridized carbons (Fsp3) is 0.308. The molecule has 1 aliphatic heterocycles. The van der Waals surface area contributed by atoms with Gasteiger partial charge in [-0.05, 0) is 47.2 Å². The summed E-state index contributed by atoms with van der Waals surface area (Å²) in [5.41, 5.74) is 2.29. The number of hydrogen-bond donors (Lipinski definition) is 1. The van der Waals surface area contributed by atoms with E-state index in [2.05, 4.69) is 33.0 Å². The number of nitrogens with one attached hydrogen (secondary N) is 1. The van der Waals surface area contributed by atoms with E-state index in [1.165, 1.54) is 10.6 Å². The SMILES string of the molecule is Cc1ccc(NC(=O)C2=NN(C)C(=O)CC2)cc1I. The average molecular weight is 371 g/mol. The number of rotatable bonds is 2. The number of amides is 2. The van der Waals surface area contributed by atoms with E-state index in [0.29, 0.717) is 18.6 Å². The summed E-state index contributed by atoms with van der Waals surface area (Å²) in [6.07, 6.45) is 0.714. The van der Waals surface area contributed by atoms with Gasteiger partial charge in [0.25, 0.3) is 5.91 Å². The van der Waals surface area contributed by atoms with Crippen LogP contribution in [0.1, 0.15) is 18.4 Å². The Morgan fingerprint density at radius 1 is 1.42 bits per heavy atom. The van der Waals surface area contributed by atoms with Crippen LogP contribution in [0.5, 0.6) is 0 Å². The lowest BCUT2D eigenvalue weighted by atomic mass is 10.1. The van der Waals surface area contributed by atoms with Crippen molar-refractivity contribution in [2.45, 2.75) is 19.8 Å². The quantitative estimate of drug-likeness (QED) is 0.810. The Hall–Kier alpha value is -1.44. The van der Waals surface area contributed by atoms with Crippen molar-refractivity contribution in [3.8, 4) is 0 Å². The lowest BCUT2D eigenvalue weighted by Gasteiger charge is -2.19. The Kier molecular flexibility index (Phi) is 4.18. The monoisotopic (exact) mass is 371 g/mol. The molecule has 1 heterocycles. The maximum atomic E-state index is 12.0. The molecule has 0 saturated carbocycles. The highest BCUT2D eigenvalue weighted by atomic mass is 127. The summed E-state index contributed by atoms with van der Waals surface area (Å²) in [5, 5.41) is 8.01. The molecule has 0 radical (unpaired) electrons. The molecule has 0 spiro atoms. The summed E-state index contributed by atoms with van der Waals surface area (Å²) < 4.78 is 1.09. The van der Waals surface area contributed by atoms with Gasteiger partial charge in [-0.1, -0.05) is 6.07 Å². The Balaban J connectivity index is 2.11. The Morgan fingerprint density at radius 2 is 2.16 bits per heavy atom. The summed E-state index contributed by atoms with van der Waals surface area (Å²) in [5.74, 6) is -0.319. The van der Waals surface area contributed by atoms with Gasteiger partial charge in [0.1, 0.15) is 5.71 Å². The van der Waals surface area contributed by atoms with Crippen LogP contribution in [0.15, 0.2) is 23.3 Å². The molecule has 6 heteroatoms. The molecular weight excluding hydrogens is 357 g/mol. The Labute approximate surface area is 125 Å². The minimum Gasteiger partial charge on any atom is -0.321 e. The second-order valence-corrected chi connectivity index (χ2v) is 5.54. The Bertz CT molecular complexity index is 569. The third-order valence-corrected chi connectivity index (χ3v) is 4.06. The highest BCUT2D eigenvalue weighted by Gasteiger charge is 2.21. The summed E-state index contributed by atoms with van der Waals surface area (Å²) in [7, 11) is 1.56. The number of nitrogens with zero attached hydrogens (tertiary/aromatic N) is 2. The maximum Gasteiger partial charge on any atom is 0.271 e. The molecule has 0 bridgehead atoms. The van der Waals surface area contributed by atoms with Gasteiger partial charge in [-0.2, -0.15) is 5.10 Å². The highest BCUT2D eigenvalue weighted by Crippen LogP contribution is 2.17. The molecule has 0 aliphatic carbocycles. The predicted octanol–water partition coefficient (Wildman–Crippen LogP) is 2.15. The number of halogens is 1. The van der Waals surface area contributed by atoms with Crippen molar-refractivity contribution in [1.29, 1.82) is 0 Å². The summed E-state index contributed by atoms with van der Waals surface area (Å²) in [4.78, 5) is 23.3. The molecule has 0 atom stereocenters. The van der Waals surface area contributed by atoms with E-state index in [9.17, 15) is 9.59 Å². The first-order chi connectivity index (χ1) is 8.97. The van der Waals surface area contributed by atoms with Crippen molar-refractivity contribution in [3.63, 3.8) is 0 Å². The molecule has 0 fully saturated rings. The van der Waals surface area contributed by atoms with Crippen LogP contribution in [0, 0.1) is 10.5 Å². The van der Waals surface area contributed by atoms with Crippen LogP contribution in [-0.4, -0.2) is 29.6 Å². The van der Waals surface area contributed by atoms with Crippen molar-refractivity contribution in [2.24, 2.45) is 5.10 Å². The van der Waals surface area contributed by atoms with E-state index >= 15 is 0 Å². The molecular formula is C13H14IN3O2. The molecule has 1 aromatic rings. The van der Waals surface area contributed by atoms with Crippen molar-refractivity contribution in [1.82, 2.24) is 5.01 Å². The smallest absolute Gasteiger partial charge is 0.271 e. The molecule has 100 valence electrons. The molecule has 2 rings (SSSR count). The van der Waals surface area contributed by atoms with Crippen LogP contribution >= 0.6 is 22.6 Å². The van der Waals surface area contributed by atoms with E-state index in [1.807, 2.05) is 25.1 Å². The minimum absolute atomic E-state index is 0.0681. The number of anilines is 1. The zero-order valence-electron chi connectivity index (χ0n) is 10.7. The van der Waals surface area contributed by atoms with Crippen LogP contribution in [0.25, 0.3) is 0 Å². The van der Waals surface area contributed by atoms with Gasteiger partial charge >= 0.3 is 0 Å². The summed E-state index contributed by atoms with van der Waals surface area (Å²) in [6.45, 7) is 2.01. The van der Waals surface area contributed by atoms with Crippen molar-refractivity contribution < 1.29 is 9.59 Å². The summed E-state index contributed by atoms with van der Waals surface area (Å²) in [6, 6.07) is 5.72. The second kappa shape index (κ2) is 5.68. The summed E-state index contributed by atoms with van der Waals surface area (Å²) >= 11 is 2.22. The van der Waals surface area contributed by atoms with Gasteiger partial charge in [-0.15, -0.1) is 0 Å². The van der Waals surface area contributed by atoms with E-state index in [0.717, 1.165) is 9.26 Å². The molecule has 1 aromatic carbocycles. The first-order valence-corrected chi connectivity index (χ1v) is 6.97. The normalized spacial score (nSPS) is 15.2. The predicted molar refractivity (Wildman–Crippen MR) is 82.0 cm³/mol. The van der Waals surface area contributed by atoms with Crippen molar-refractivity contribution in [2.75, 3.05) is 12.4 Å². The number of benzene rings is 1. The number of aryl methyl sites for hydroxylation is 1. The maximum absolute atomic E-state index is 12.0. The van der Waals surface area contributed by atoms with Gasteiger partial charge in [0.05, 0.1) is 0 Å². The fourth-order valence-corrected chi connectivity index (χ4v) is 2.22. The van der Waals surface area contributed by atoms with Gasteiger partial charge in [0.2, 0.25) is 5.91 Å². The molecule has 2 amide bonds. The highest BCUT2D eigenvalue weighted by molar-refractivity contribution is 14.1. The van der Waals surface area contributed by atoms with Crippen LogP contribution in [0.2, 0.25) is 0 Å². The zero-order chi connectivity index (χ0) is 14.0. The first kappa shape index (κ1) is 14.0. The van der Waals surface area contributed by atoms with Gasteiger partial charge < -0.3 is 5.32 Å². The lowest BCUT2D eigenvalue weighted by molar-refractivity contribution is -0.130. The van der Waals surface area contributed by atoms with Gasteiger partial charge in [0.15, 0.2) is 0 Å². The van der Waals surface area contributed by atoms with Crippen molar-refractivity contribution >= 4 is 45.8 Å². The number of carbonyl (C=O) groups excluding carboxylic acids is 2. The van der Waals surface area contributed by atoms with E-state index in [1.54, 1.807) is 7.05 Å². The number of hydrogen-bond acceptors (Lipinski definition) is 3. The average Bonchev–Trinajstić information content (AvgIpc) is 2.37. The minimum atomic E-state index is -0.251. The van der Waals surface area contributed by atoms with Gasteiger partial charge in [-0.3, -0.25) is 9.59 Å². The van der Waals surface area contributed by atoms with Gasteiger partial charge in [-0.25, -0.2) is 5.01 Å². The number of hydrazone groups is 1. The molecule has 0 aromatic heterocycles. The molecule has 19 heavy (non-hydrogen) atoms. The van der Waals surface area contributed by atoms with Crippen LogP contribution < -0.4 is 5.32 Å². The molecule has 5 nitrogen and oxygen atoms in total. The zero-order valence-corrected chi connectivity index (χ0v) is 12.9. The van der Waals surface area contributed by atoms with E-state index in [4.69, 9.17) is 0 Å². The van der Waals surface area contributed by atoms with Crippen LogP contribution in [-0.2, 0) is 9.59 Å². The molecule has 0 unspecified atom stereocenters. The number of carbonyl (C=O) groups is 2. The molecule has 1 aliphatic rings. The van der Waals surface area contributed by atoms with Gasteiger partial charge in [0, 0.05) is 29.1 Å². The van der Waals surface area contributed by atoms with Crippen molar-refractivity contribution in [3.05, 3.63) is 27.3 Å². The first-order valence-electron chi connectivity index (χ1n) is 5.89. The fourth-order valence-electron chi connectivity index (χ4n) is 1.71. The van der Waals surface area contributed by atoms with E-state index in [-0.39, 0.29) is 11.8 Å². The van der Waals surface area contributed by atoms with Crippen LogP contribution in [0.4, 0.5) is 5.69 Å². The molecule has 1 N–H and O–H groups in total. The lowest BCUT2D eigenvalue weighted by Crippen LogP contribution is -2.34. The van der Waals surface area contributed by atoms with Crippen LogP contribution in [0.3, 0.4) is 0 Å². The molecule has 0 saturated heterocycles.